The molecule has 0 aliphatic carbocycles. The summed E-state index contributed by atoms with van der Waals surface area (Å²) in [5, 5.41) is 0. The number of nitrogens with two attached hydrogens (primary N) is 1. The number of nitrogen functional groups attached to an aromatic ring is 1. The Morgan fingerprint density at radius 3 is 2.70 bits per heavy atom. The average molecular weight is 268 g/mol. The van der Waals surface area contributed by atoms with Crippen LogP contribution in [0.25, 0.3) is 0 Å². The van der Waals surface area contributed by atoms with Crippen molar-refractivity contribution in [3.63, 3.8) is 0 Å². The van der Waals surface area contributed by atoms with Crippen LogP contribution >= 0.6 is 0 Å². The predicted octanol–water partition coefficient (Wildman–Crippen LogP) is 2.30. The van der Waals surface area contributed by atoms with Gasteiger partial charge in [-0.1, -0.05) is 30.3 Å². The van der Waals surface area contributed by atoms with Gasteiger partial charge in [0.25, 0.3) is 5.91 Å². The van der Waals surface area contributed by atoms with Gasteiger partial charge in [0.05, 0.1) is 12.1 Å². The van der Waals surface area contributed by atoms with E-state index in [2.05, 4.69) is 0 Å². The topological polar surface area (TPSA) is 55.6 Å². The first-order valence-electron chi connectivity index (χ1n) is 6.60. The van der Waals surface area contributed by atoms with E-state index in [-0.39, 0.29) is 5.91 Å². The number of hydrogen-bond acceptors (Lipinski definition) is 3. The number of carbonyl (C=O) groups is 1. The van der Waals surface area contributed by atoms with E-state index in [4.69, 9.17) is 10.5 Å². The molecule has 0 saturated carbocycles. The number of fused-ring (bicyclic) bond motifs is 1. The molecule has 0 fully saturated rings. The third-order valence-corrected chi connectivity index (χ3v) is 3.44. The largest absolute Gasteiger partial charge is 0.491 e. The van der Waals surface area contributed by atoms with Crippen molar-refractivity contribution >= 4 is 11.6 Å². The van der Waals surface area contributed by atoms with Gasteiger partial charge in [-0.2, -0.15) is 0 Å². The fraction of sp³-hybridized carbons (Fsp3) is 0.188. The summed E-state index contributed by atoms with van der Waals surface area (Å²) >= 11 is 0. The van der Waals surface area contributed by atoms with Crippen molar-refractivity contribution in [3.8, 4) is 5.75 Å². The van der Waals surface area contributed by atoms with Gasteiger partial charge in [-0.05, 0) is 23.8 Å². The van der Waals surface area contributed by atoms with Crippen LogP contribution in [0.3, 0.4) is 0 Å². The van der Waals surface area contributed by atoms with Crippen LogP contribution in [-0.2, 0) is 6.54 Å². The molecule has 4 nitrogen and oxygen atoms in total. The van der Waals surface area contributed by atoms with Gasteiger partial charge in [-0.3, -0.25) is 4.79 Å². The van der Waals surface area contributed by atoms with Gasteiger partial charge in [-0.25, -0.2) is 0 Å². The molecule has 3 rings (SSSR count). The van der Waals surface area contributed by atoms with Crippen molar-refractivity contribution in [1.82, 2.24) is 4.90 Å². The molecule has 20 heavy (non-hydrogen) atoms. The van der Waals surface area contributed by atoms with Crippen molar-refractivity contribution in [2.75, 3.05) is 18.9 Å². The van der Waals surface area contributed by atoms with Gasteiger partial charge in [0.2, 0.25) is 0 Å². The Bertz CT molecular complexity index is 640. The zero-order chi connectivity index (χ0) is 13.9. The van der Waals surface area contributed by atoms with Crippen molar-refractivity contribution in [2.45, 2.75) is 6.54 Å². The molecule has 1 heterocycles. The van der Waals surface area contributed by atoms with Crippen LogP contribution in [-0.4, -0.2) is 24.0 Å². The average Bonchev–Trinajstić information content (AvgIpc) is 2.62. The molecule has 2 aromatic carbocycles. The fourth-order valence-electron chi connectivity index (χ4n) is 2.34. The quantitative estimate of drug-likeness (QED) is 0.850. The second-order valence-electron chi connectivity index (χ2n) is 4.77. The van der Waals surface area contributed by atoms with Gasteiger partial charge in [0.15, 0.2) is 0 Å². The predicted molar refractivity (Wildman–Crippen MR) is 77.5 cm³/mol. The molecule has 2 N–H and O–H groups in total. The molecular formula is C16H16N2O2. The third kappa shape index (κ3) is 2.32. The lowest BCUT2D eigenvalue weighted by atomic mass is 10.1. The minimum Gasteiger partial charge on any atom is -0.491 e. The van der Waals surface area contributed by atoms with Crippen LogP contribution in [0.5, 0.6) is 5.75 Å². The lowest BCUT2D eigenvalue weighted by molar-refractivity contribution is 0.0743. The first-order chi connectivity index (χ1) is 9.75. The first kappa shape index (κ1) is 12.5. The highest BCUT2D eigenvalue weighted by molar-refractivity contribution is 5.97. The number of anilines is 1. The lowest BCUT2D eigenvalue weighted by Crippen LogP contribution is -2.32. The Hall–Kier alpha value is -2.49. The van der Waals surface area contributed by atoms with Crippen LogP contribution in [0.1, 0.15) is 15.9 Å². The monoisotopic (exact) mass is 268 g/mol. The van der Waals surface area contributed by atoms with Crippen molar-refractivity contribution in [1.29, 1.82) is 0 Å². The fourth-order valence-corrected chi connectivity index (χ4v) is 2.34. The van der Waals surface area contributed by atoms with Gasteiger partial charge < -0.3 is 15.4 Å². The van der Waals surface area contributed by atoms with E-state index >= 15 is 0 Å². The zero-order valence-corrected chi connectivity index (χ0v) is 11.1. The molecule has 0 aromatic heterocycles. The van der Waals surface area contributed by atoms with Gasteiger partial charge >= 0.3 is 0 Å². The highest BCUT2D eigenvalue weighted by Crippen LogP contribution is 2.24. The smallest absolute Gasteiger partial charge is 0.258 e. The maximum absolute atomic E-state index is 12.6. The molecule has 0 saturated heterocycles. The molecule has 0 unspecified atom stereocenters. The summed E-state index contributed by atoms with van der Waals surface area (Å²) in [6.07, 6.45) is 0. The van der Waals surface area contributed by atoms with E-state index in [9.17, 15) is 4.79 Å². The summed E-state index contributed by atoms with van der Waals surface area (Å²) in [5.41, 5.74) is 8.22. The van der Waals surface area contributed by atoms with E-state index in [1.54, 1.807) is 11.0 Å². The van der Waals surface area contributed by atoms with Gasteiger partial charge in [0.1, 0.15) is 12.4 Å². The summed E-state index contributed by atoms with van der Waals surface area (Å²) in [4.78, 5) is 14.3. The molecular weight excluding hydrogens is 252 g/mol. The zero-order valence-electron chi connectivity index (χ0n) is 11.1. The molecule has 0 bridgehead atoms. The number of hydrogen-bond donors (Lipinski definition) is 1. The highest BCUT2D eigenvalue weighted by Gasteiger charge is 2.23. The molecule has 4 heteroatoms. The number of para-hydroxylation sites is 2. The summed E-state index contributed by atoms with van der Waals surface area (Å²) in [5.74, 6) is 0.641. The Morgan fingerprint density at radius 1 is 1.10 bits per heavy atom. The lowest BCUT2D eigenvalue weighted by Gasteiger charge is -2.20. The maximum atomic E-state index is 12.6. The van der Waals surface area contributed by atoms with Crippen LogP contribution in [0.2, 0.25) is 0 Å². The van der Waals surface area contributed by atoms with Crippen molar-refractivity contribution < 1.29 is 9.53 Å². The first-order valence-corrected chi connectivity index (χ1v) is 6.60. The number of rotatable bonds is 2. The molecule has 0 spiro atoms. The minimum absolute atomic E-state index is 0.0126. The molecule has 0 radical (unpaired) electrons. The van der Waals surface area contributed by atoms with E-state index in [1.165, 1.54) is 0 Å². The van der Waals surface area contributed by atoms with E-state index in [0.29, 0.717) is 36.7 Å². The molecule has 2 aromatic rings. The Balaban J connectivity index is 1.88. The normalized spacial score (nSPS) is 14.4. The Labute approximate surface area is 117 Å². The highest BCUT2D eigenvalue weighted by atomic mass is 16.5. The number of amides is 1. The third-order valence-electron chi connectivity index (χ3n) is 3.44. The summed E-state index contributed by atoms with van der Waals surface area (Å²) < 4.78 is 5.62. The van der Waals surface area contributed by atoms with E-state index < -0.39 is 0 Å². The maximum Gasteiger partial charge on any atom is 0.258 e. The van der Waals surface area contributed by atoms with Crippen molar-refractivity contribution in [2.24, 2.45) is 0 Å². The SMILES string of the molecule is Nc1ccccc1CN1CCOc2ccccc2C1=O. The standard InChI is InChI=1S/C16H16N2O2/c17-14-7-3-1-5-12(14)11-18-9-10-20-15-8-4-2-6-13(15)16(18)19/h1-8H,9-11,17H2. The number of ether oxygens (including phenoxy) is 1. The number of carbonyl (C=O) groups excluding carboxylic acids is 1. The van der Waals surface area contributed by atoms with Gasteiger partial charge in [-0.15, -0.1) is 0 Å². The van der Waals surface area contributed by atoms with Gasteiger partial charge in [0, 0.05) is 12.2 Å². The second kappa shape index (κ2) is 5.25. The Morgan fingerprint density at radius 2 is 1.85 bits per heavy atom. The van der Waals surface area contributed by atoms with Crippen molar-refractivity contribution in [3.05, 3.63) is 59.7 Å². The number of benzene rings is 2. The summed E-state index contributed by atoms with van der Waals surface area (Å²) in [7, 11) is 0. The van der Waals surface area contributed by atoms with E-state index in [1.807, 2.05) is 42.5 Å². The molecule has 102 valence electrons. The molecule has 1 amide bonds. The Kier molecular flexibility index (Phi) is 3.29. The molecule has 1 aliphatic heterocycles. The second-order valence-corrected chi connectivity index (χ2v) is 4.77. The summed E-state index contributed by atoms with van der Waals surface area (Å²) in [6, 6.07) is 15.0. The summed E-state index contributed by atoms with van der Waals surface area (Å²) in [6.45, 7) is 1.56. The van der Waals surface area contributed by atoms with Crippen LogP contribution in [0.4, 0.5) is 5.69 Å². The minimum atomic E-state index is -0.0126. The van der Waals surface area contributed by atoms with Crippen LogP contribution in [0.15, 0.2) is 48.5 Å². The molecule has 1 aliphatic rings. The number of nitrogens with zero attached hydrogens (tertiary/aromatic N) is 1. The molecule has 0 atom stereocenters. The van der Waals surface area contributed by atoms with Crippen LogP contribution in [0, 0.1) is 0 Å². The van der Waals surface area contributed by atoms with E-state index in [0.717, 1.165) is 5.56 Å². The van der Waals surface area contributed by atoms with Crippen LogP contribution < -0.4 is 10.5 Å².